The molecular formula is C20H19N3O. The molecule has 3 aromatic rings. The number of rotatable bonds is 4. The van der Waals surface area contributed by atoms with Crippen molar-refractivity contribution in [3.8, 4) is 11.8 Å². The van der Waals surface area contributed by atoms with E-state index < -0.39 is 0 Å². The second kappa shape index (κ2) is 7.47. The highest BCUT2D eigenvalue weighted by atomic mass is 16.2. The van der Waals surface area contributed by atoms with E-state index in [-0.39, 0.29) is 5.91 Å². The molecule has 0 aliphatic heterocycles. The highest BCUT2D eigenvalue weighted by Crippen LogP contribution is 2.09. The molecule has 4 heteroatoms. The number of imidazole rings is 1. The van der Waals surface area contributed by atoms with Gasteiger partial charge in [-0.3, -0.25) is 9.20 Å². The number of carbonyl (C=O) groups is 1. The molecular weight excluding hydrogens is 298 g/mol. The van der Waals surface area contributed by atoms with Gasteiger partial charge in [-0.2, -0.15) is 0 Å². The van der Waals surface area contributed by atoms with E-state index in [4.69, 9.17) is 0 Å². The monoisotopic (exact) mass is 317 g/mol. The Morgan fingerprint density at radius 3 is 2.75 bits per heavy atom. The van der Waals surface area contributed by atoms with Crippen LogP contribution in [0, 0.1) is 11.8 Å². The molecule has 4 nitrogen and oxygen atoms in total. The molecule has 3 rings (SSSR count). The maximum atomic E-state index is 12.8. The van der Waals surface area contributed by atoms with E-state index in [0.29, 0.717) is 18.8 Å². The molecule has 0 radical (unpaired) electrons. The Balaban J connectivity index is 1.80. The molecule has 120 valence electrons. The molecule has 0 unspecified atom stereocenters. The summed E-state index contributed by atoms with van der Waals surface area (Å²) in [5.74, 6) is 6.16. The summed E-state index contributed by atoms with van der Waals surface area (Å²) in [4.78, 5) is 18.9. The molecule has 0 N–H and O–H groups in total. The van der Waals surface area contributed by atoms with Gasteiger partial charge in [-0.05, 0) is 30.7 Å². The van der Waals surface area contributed by atoms with E-state index in [9.17, 15) is 4.79 Å². The molecule has 0 aliphatic rings. The second-order valence-electron chi connectivity index (χ2n) is 5.47. The van der Waals surface area contributed by atoms with Crippen LogP contribution in [0.5, 0.6) is 0 Å². The highest BCUT2D eigenvalue weighted by molar-refractivity contribution is 5.93. The Hall–Kier alpha value is -3.06. The maximum absolute atomic E-state index is 12.8. The van der Waals surface area contributed by atoms with Crippen molar-refractivity contribution in [2.45, 2.75) is 13.3 Å². The van der Waals surface area contributed by atoms with Gasteiger partial charge in [0.25, 0.3) is 5.91 Å². The van der Waals surface area contributed by atoms with Crippen LogP contribution in [0.3, 0.4) is 0 Å². The molecule has 2 heterocycles. The summed E-state index contributed by atoms with van der Waals surface area (Å²) in [5, 5.41) is 0. The molecule has 1 amide bonds. The van der Waals surface area contributed by atoms with Crippen LogP contribution in [0.25, 0.3) is 5.65 Å². The summed E-state index contributed by atoms with van der Waals surface area (Å²) in [6, 6.07) is 15.5. The lowest BCUT2D eigenvalue weighted by Crippen LogP contribution is -2.33. The minimum Gasteiger partial charge on any atom is -0.326 e. The third-order valence-corrected chi connectivity index (χ3v) is 3.69. The van der Waals surface area contributed by atoms with Crippen LogP contribution in [0.2, 0.25) is 0 Å². The molecule has 0 bridgehead atoms. The molecule has 0 spiro atoms. The fraction of sp³-hybridized carbons (Fsp3) is 0.200. The summed E-state index contributed by atoms with van der Waals surface area (Å²) in [6.07, 6.45) is 4.37. The molecule has 0 atom stereocenters. The van der Waals surface area contributed by atoms with Gasteiger partial charge < -0.3 is 4.90 Å². The average molecular weight is 317 g/mol. The number of amides is 1. The minimum atomic E-state index is -0.0436. The number of nitrogens with zero attached hydrogens (tertiary/aromatic N) is 3. The van der Waals surface area contributed by atoms with Gasteiger partial charge in [0.05, 0.1) is 12.7 Å². The third-order valence-electron chi connectivity index (χ3n) is 3.69. The van der Waals surface area contributed by atoms with Crippen molar-refractivity contribution in [1.29, 1.82) is 0 Å². The largest absolute Gasteiger partial charge is 0.326 e. The lowest BCUT2D eigenvalue weighted by molar-refractivity contribution is 0.0770. The quantitative estimate of drug-likeness (QED) is 0.693. The predicted octanol–water partition coefficient (Wildman–Crippen LogP) is 3.24. The molecule has 0 fully saturated rings. The smallest absolute Gasteiger partial charge is 0.273 e. The summed E-state index contributed by atoms with van der Waals surface area (Å²) in [7, 11) is 0. The van der Waals surface area contributed by atoms with Crippen molar-refractivity contribution < 1.29 is 4.79 Å². The zero-order chi connectivity index (χ0) is 16.8. The van der Waals surface area contributed by atoms with Gasteiger partial charge in [-0.1, -0.05) is 43.0 Å². The van der Waals surface area contributed by atoms with Gasteiger partial charge in [-0.15, -0.1) is 0 Å². The Labute approximate surface area is 141 Å². The van der Waals surface area contributed by atoms with E-state index in [1.54, 1.807) is 11.1 Å². The van der Waals surface area contributed by atoms with Crippen molar-refractivity contribution in [2.75, 3.05) is 13.1 Å². The van der Waals surface area contributed by atoms with E-state index in [0.717, 1.165) is 17.6 Å². The van der Waals surface area contributed by atoms with Gasteiger partial charge in [-0.25, -0.2) is 4.98 Å². The fourth-order valence-corrected chi connectivity index (χ4v) is 2.53. The number of fused-ring (bicyclic) bond motifs is 1. The topological polar surface area (TPSA) is 37.6 Å². The lowest BCUT2D eigenvalue weighted by Gasteiger charge is -2.19. The van der Waals surface area contributed by atoms with E-state index in [2.05, 4.69) is 23.7 Å². The Bertz CT molecular complexity index is 887. The summed E-state index contributed by atoms with van der Waals surface area (Å²) in [6.45, 7) is 3.13. The van der Waals surface area contributed by atoms with E-state index in [1.165, 1.54) is 0 Å². The van der Waals surface area contributed by atoms with Gasteiger partial charge in [0.2, 0.25) is 0 Å². The SMILES string of the molecule is CCCN(CC#Cc1ccccc1)C(=O)c1cnc2ccccn12. The molecule has 0 saturated carbocycles. The average Bonchev–Trinajstić information content (AvgIpc) is 3.05. The fourth-order valence-electron chi connectivity index (χ4n) is 2.53. The van der Waals surface area contributed by atoms with Crippen LogP contribution in [0.15, 0.2) is 60.9 Å². The van der Waals surface area contributed by atoms with E-state index >= 15 is 0 Å². The first-order chi connectivity index (χ1) is 11.8. The van der Waals surface area contributed by atoms with Gasteiger partial charge in [0.1, 0.15) is 11.3 Å². The van der Waals surface area contributed by atoms with Crippen LogP contribution in [0.1, 0.15) is 29.4 Å². The zero-order valence-electron chi connectivity index (χ0n) is 13.6. The van der Waals surface area contributed by atoms with Crippen LogP contribution in [-0.2, 0) is 0 Å². The first-order valence-electron chi connectivity index (χ1n) is 8.05. The number of pyridine rings is 1. The van der Waals surface area contributed by atoms with Crippen molar-refractivity contribution in [1.82, 2.24) is 14.3 Å². The number of hydrogen-bond acceptors (Lipinski definition) is 2. The van der Waals surface area contributed by atoms with Gasteiger partial charge in [0.15, 0.2) is 0 Å². The molecule has 1 aromatic carbocycles. The van der Waals surface area contributed by atoms with Crippen LogP contribution in [0.4, 0.5) is 0 Å². The highest BCUT2D eigenvalue weighted by Gasteiger charge is 2.18. The minimum absolute atomic E-state index is 0.0436. The Kier molecular flexibility index (Phi) is 4.93. The number of benzene rings is 1. The summed E-state index contributed by atoms with van der Waals surface area (Å²) in [5.41, 5.74) is 2.30. The zero-order valence-corrected chi connectivity index (χ0v) is 13.6. The second-order valence-corrected chi connectivity index (χ2v) is 5.47. The first-order valence-corrected chi connectivity index (χ1v) is 8.05. The number of carbonyl (C=O) groups excluding carboxylic acids is 1. The summed E-state index contributed by atoms with van der Waals surface area (Å²) >= 11 is 0. The Morgan fingerprint density at radius 1 is 1.17 bits per heavy atom. The van der Waals surface area contributed by atoms with Crippen molar-refractivity contribution in [2.24, 2.45) is 0 Å². The number of aromatic nitrogens is 2. The maximum Gasteiger partial charge on any atom is 0.273 e. The molecule has 24 heavy (non-hydrogen) atoms. The first kappa shape index (κ1) is 15.8. The Morgan fingerprint density at radius 2 is 1.96 bits per heavy atom. The van der Waals surface area contributed by atoms with Gasteiger partial charge in [0, 0.05) is 18.3 Å². The van der Waals surface area contributed by atoms with E-state index in [1.807, 2.05) is 59.1 Å². The standard InChI is InChI=1S/C20H19N3O/c1-2-13-22(14-8-11-17-9-4-3-5-10-17)20(24)18-16-21-19-12-6-7-15-23(18)19/h3-7,9-10,12,15-16H,2,13-14H2,1H3. The molecule has 0 aliphatic carbocycles. The van der Waals surface area contributed by atoms with Crippen molar-refractivity contribution in [3.63, 3.8) is 0 Å². The van der Waals surface area contributed by atoms with Crippen LogP contribution >= 0.6 is 0 Å². The van der Waals surface area contributed by atoms with Crippen LogP contribution in [-0.4, -0.2) is 33.3 Å². The molecule has 0 saturated heterocycles. The normalized spacial score (nSPS) is 10.2. The molecule has 2 aromatic heterocycles. The predicted molar refractivity (Wildman–Crippen MR) is 94.7 cm³/mol. The lowest BCUT2D eigenvalue weighted by atomic mass is 10.2. The third kappa shape index (κ3) is 3.47. The number of hydrogen-bond donors (Lipinski definition) is 0. The van der Waals surface area contributed by atoms with Crippen LogP contribution < -0.4 is 0 Å². The summed E-state index contributed by atoms with van der Waals surface area (Å²) < 4.78 is 1.82. The van der Waals surface area contributed by atoms with Crippen molar-refractivity contribution in [3.05, 3.63) is 72.2 Å². The van der Waals surface area contributed by atoms with Crippen molar-refractivity contribution >= 4 is 11.6 Å². The van der Waals surface area contributed by atoms with Gasteiger partial charge >= 0.3 is 0 Å².